The van der Waals surface area contributed by atoms with Crippen LogP contribution in [0, 0.1) is 0 Å². The van der Waals surface area contributed by atoms with Crippen LogP contribution in [0.3, 0.4) is 0 Å². The molecule has 0 radical (unpaired) electrons. The van der Waals surface area contributed by atoms with Gasteiger partial charge in [-0.2, -0.15) is 0 Å². The zero-order valence-corrected chi connectivity index (χ0v) is 13.6. The van der Waals surface area contributed by atoms with E-state index in [4.69, 9.17) is 9.84 Å². The molecule has 0 atom stereocenters. The van der Waals surface area contributed by atoms with E-state index in [1.807, 2.05) is 6.92 Å². The molecule has 0 bridgehead atoms. The van der Waals surface area contributed by atoms with Crippen LogP contribution in [0.5, 0.6) is 5.75 Å². The molecule has 23 heavy (non-hydrogen) atoms. The highest BCUT2D eigenvalue weighted by atomic mass is 32.2. The van der Waals surface area contributed by atoms with Crippen LogP contribution in [0.15, 0.2) is 24.3 Å². The number of thioether (sulfide) groups is 1. The highest BCUT2D eigenvalue weighted by Gasteiger charge is 2.08. The molecule has 1 rings (SSSR count). The molecule has 0 aliphatic heterocycles. The van der Waals surface area contributed by atoms with Gasteiger partial charge in [0, 0.05) is 17.9 Å². The number of rotatable bonds is 10. The van der Waals surface area contributed by atoms with Crippen LogP contribution >= 0.6 is 11.8 Å². The standard InChI is InChI=1S/C15H20N2O5S/c1-2-22-12-5-3-11(4-6-12)15(21)17-9-13(18)16-7-8-23-10-14(19)20/h3-6H,2,7-10H2,1H3,(H,16,18)(H,17,21)(H,19,20). The van der Waals surface area contributed by atoms with Crippen molar-refractivity contribution in [2.45, 2.75) is 6.92 Å². The Bertz CT molecular complexity index is 533. The lowest BCUT2D eigenvalue weighted by molar-refractivity contribution is -0.133. The topological polar surface area (TPSA) is 105 Å². The van der Waals surface area contributed by atoms with E-state index in [9.17, 15) is 14.4 Å². The average molecular weight is 340 g/mol. The van der Waals surface area contributed by atoms with Crippen molar-refractivity contribution in [1.29, 1.82) is 0 Å². The normalized spacial score (nSPS) is 9.96. The molecule has 2 amide bonds. The third-order valence-electron chi connectivity index (χ3n) is 2.63. The summed E-state index contributed by atoms with van der Waals surface area (Å²) < 4.78 is 5.28. The summed E-state index contributed by atoms with van der Waals surface area (Å²) >= 11 is 1.22. The van der Waals surface area contributed by atoms with Crippen molar-refractivity contribution in [2.24, 2.45) is 0 Å². The second kappa shape index (κ2) is 10.5. The Kier molecular flexibility index (Phi) is 8.59. The fourth-order valence-electron chi connectivity index (χ4n) is 1.62. The van der Waals surface area contributed by atoms with Crippen LogP contribution in [0.2, 0.25) is 0 Å². The van der Waals surface area contributed by atoms with E-state index in [-0.39, 0.29) is 24.1 Å². The number of carboxylic acids is 1. The van der Waals surface area contributed by atoms with Crippen LogP contribution < -0.4 is 15.4 Å². The third kappa shape index (κ3) is 8.10. The molecular weight excluding hydrogens is 320 g/mol. The Morgan fingerprint density at radius 2 is 1.87 bits per heavy atom. The molecule has 0 saturated carbocycles. The molecule has 7 nitrogen and oxygen atoms in total. The van der Waals surface area contributed by atoms with Gasteiger partial charge in [0.15, 0.2) is 0 Å². The molecule has 1 aromatic carbocycles. The van der Waals surface area contributed by atoms with Crippen LogP contribution in [0.1, 0.15) is 17.3 Å². The first kappa shape index (κ1) is 18.8. The van der Waals surface area contributed by atoms with Gasteiger partial charge in [-0.1, -0.05) is 0 Å². The van der Waals surface area contributed by atoms with Crippen molar-refractivity contribution in [1.82, 2.24) is 10.6 Å². The van der Waals surface area contributed by atoms with Crippen molar-refractivity contribution >= 4 is 29.5 Å². The number of nitrogens with one attached hydrogen (secondary N) is 2. The van der Waals surface area contributed by atoms with Gasteiger partial charge in [0.1, 0.15) is 5.75 Å². The monoisotopic (exact) mass is 340 g/mol. The van der Waals surface area contributed by atoms with Gasteiger partial charge in [-0.3, -0.25) is 14.4 Å². The van der Waals surface area contributed by atoms with Crippen molar-refractivity contribution in [3.63, 3.8) is 0 Å². The Labute approximate surface area is 138 Å². The molecule has 126 valence electrons. The fraction of sp³-hybridized carbons (Fsp3) is 0.400. The minimum absolute atomic E-state index is 0.00431. The number of hydrogen-bond acceptors (Lipinski definition) is 5. The lowest BCUT2D eigenvalue weighted by atomic mass is 10.2. The van der Waals surface area contributed by atoms with Crippen LogP contribution in [0.4, 0.5) is 0 Å². The van der Waals surface area contributed by atoms with E-state index in [1.54, 1.807) is 24.3 Å². The predicted molar refractivity (Wildman–Crippen MR) is 87.9 cm³/mol. The summed E-state index contributed by atoms with van der Waals surface area (Å²) in [6.07, 6.45) is 0. The molecule has 3 N–H and O–H groups in total. The first-order chi connectivity index (χ1) is 11.0. The first-order valence-electron chi connectivity index (χ1n) is 7.10. The maximum Gasteiger partial charge on any atom is 0.313 e. The van der Waals surface area contributed by atoms with Gasteiger partial charge < -0.3 is 20.5 Å². The largest absolute Gasteiger partial charge is 0.494 e. The number of hydrogen-bond donors (Lipinski definition) is 3. The quantitative estimate of drug-likeness (QED) is 0.543. The minimum atomic E-state index is -0.885. The highest BCUT2D eigenvalue weighted by Crippen LogP contribution is 2.11. The van der Waals surface area contributed by atoms with Crippen molar-refractivity contribution in [3.05, 3.63) is 29.8 Å². The number of benzene rings is 1. The van der Waals surface area contributed by atoms with Gasteiger partial charge in [-0.15, -0.1) is 11.8 Å². The molecule has 0 unspecified atom stereocenters. The lowest BCUT2D eigenvalue weighted by Gasteiger charge is -2.07. The zero-order valence-electron chi connectivity index (χ0n) is 12.8. The predicted octanol–water partition coefficient (Wildman–Crippen LogP) is 0.749. The van der Waals surface area contributed by atoms with Crippen molar-refractivity contribution < 1.29 is 24.2 Å². The third-order valence-corrected chi connectivity index (χ3v) is 3.57. The lowest BCUT2D eigenvalue weighted by Crippen LogP contribution is -2.37. The maximum absolute atomic E-state index is 11.9. The van der Waals surface area contributed by atoms with E-state index < -0.39 is 5.97 Å². The van der Waals surface area contributed by atoms with Gasteiger partial charge >= 0.3 is 5.97 Å². The van der Waals surface area contributed by atoms with Gasteiger partial charge in [-0.25, -0.2) is 0 Å². The number of amides is 2. The van der Waals surface area contributed by atoms with E-state index in [0.717, 1.165) is 0 Å². The van der Waals surface area contributed by atoms with Gasteiger partial charge in [0.05, 0.1) is 18.9 Å². The van der Waals surface area contributed by atoms with Crippen molar-refractivity contribution in [2.75, 3.05) is 31.2 Å². The second-order valence-corrected chi connectivity index (χ2v) is 5.54. The molecule has 0 spiro atoms. The van der Waals surface area contributed by atoms with Gasteiger partial charge in [0.25, 0.3) is 5.91 Å². The Hall–Kier alpha value is -2.22. The smallest absolute Gasteiger partial charge is 0.313 e. The Balaban J connectivity index is 2.24. The molecular formula is C15H20N2O5S. The number of ether oxygens (including phenoxy) is 1. The molecule has 0 aromatic heterocycles. The summed E-state index contributed by atoms with van der Waals surface area (Å²) in [6, 6.07) is 6.64. The zero-order chi connectivity index (χ0) is 17.1. The number of aliphatic carboxylic acids is 1. The summed E-state index contributed by atoms with van der Waals surface area (Å²) in [5.41, 5.74) is 0.443. The SMILES string of the molecule is CCOc1ccc(C(=O)NCC(=O)NCCSCC(=O)O)cc1. The molecule has 0 aliphatic carbocycles. The second-order valence-electron chi connectivity index (χ2n) is 4.44. The summed E-state index contributed by atoms with van der Waals surface area (Å²) in [6.45, 7) is 2.65. The first-order valence-corrected chi connectivity index (χ1v) is 8.25. The van der Waals surface area contributed by atoms with Crippen molar-refractivity contribution in [3.8, 4) is 5.75 Å². The van der Waals surface area contributed by atoms with Gasteiger partial charge in [-0.05, 0) is 31.2 Å². The van der Waals surface area contributed by atoms with Crippen LogP contribution in [-0.4, -0.2) is 54.1 Å². The molecule has 0 fully saturated rings. The average Bonchev–Trinajstić information content (AvgIpc) is 2.53. The Morgan fingerprint density at radius 3 is 2.48 bits per heavy atom. The van der Waals surface area contributed by atoms with Gasteiger partial charge in [0.2, 0.25) is 5.91 Å². The maximum atomic E-state index is 11.9. The highest BCUT2D eigenvalue weighted by molar-refractivity contribution is 7.99. The number of carbonyl (C=O) groups is 3. The van der Waals surface area contributed by atoms with Crippen LogP contribution in [0.25, 0.3) is 0 Å². The summed E-state index contributed by atoms with van der Waals surface area (Å²) in [5.74, 6) is -0.358. The fourth-order valence-corrected chi connectivity index (χ4v) is 2.18. The molecule has 0 saturated heterocycles. The summed E-state index contributed by atoms with van der Waals surface area (Å²) in [4.78, 5) is 33.7. The summed E-state index contributed by atoms with van der Waals surface area (Å²) in [7, 11) is 0. The minimum Gasteiger partial charge on any atom is -0.494 e. The molecule has 1 aromatic rings. The Morgan fingerprint density at radius 1 is 1.17 bits per heavy atom. The number of carbonyl (C=O) groups excluding carboxylic acids is 2. The van der Waals surface area contributed by atoms with E-state index in [0.29, 0.717) is 30.2 Å². The molecule has 0 heterocycles. The molecule has 0 aliphatic rings. The summed E-state index contributed by atoms with van der Waals surface area (Å²) in [5, 5.41) is 13.6. The van der Waals surface area contributed by atoms with E-state index in [2.05, 4.69) is 10.6 Å². The molecule has 8 heteroatoms. The van der Waals surface area contributed by atoms with E-state index in [1.165, 1.54) is 11.8 Å². The van der Waals surface area contributed by atoms with Crippen LogP contribution in [-0.2, 0) is 9.59 Å². The van der Waals surface area contributed by atoms with E-state index >= 15 is 0 Å². The number of carboxylic acid groups (broad SMARTS) is 1.